The van der Waals surface area contributed by atoms with E-state index in [4.69, 9.17) is 4.74 Å². The van der Waals surface area contributed by atoms with Gasteiger partial charge in [0.25, 0.3) is 5.91 Å². The highest BCUT2D eigenvalue weighted by Gasteiger charge is 2.52. The Balaban J connectivity index is 1.83. The summed E-state index contributed by atoms with van der Waals surface area (Å²) in [5.74, 6) is -1.63. The van der Waals surface area contributed by atoms with Crippen LogP contribution >= 0.6 is 0 Å². The van der Waals surface area contributed by atoms with E-state index in [9.17, 15) is 19.5 Å². The van der Waals surface area contributed by atoms with Crippen LogP contribution in [0.4, 0.5) is 0 Å². The second-order valence-electron chi connectivity index (χ2n) is 9.20. The van der Waals surface area contributed by atoms with Gasteiger partial charge in [-0.15, -0.1) is 0 Å². The largest absolute Gasteiger partial charge is 0.548 e. The summed E-state index contributed by atoms with van der Waals surface area (Å²) in [6.45, 7) is 8.61. The predicted molar refractivity (Wildman–Crippen MR) is 105 cm³/mol. The number of aryl methyl sites for hydroxylation is 1. The van der Waals surface area contributed by atoms with Crippen LogP contribution in [0.1, 0.15) is 56.0 Å². The number of ether oxygens (including phenoxy) is 1. The van der Waals surface area contributed by atoms with Crippen LogP contribution in [0.25, 0.3) is 0 Å². The lowest BCUT2D eigenvalue weighted by molar-refractivity contribution is -0.310. The van der Waals surface area contributed by atoms with Gasteiger partial charge in [0, 0.05) is 37.9 Å². The van der Waals surface area contributed by atoms with E-state index in [0.29, 0.717) is 37.9 Å². The van der Waals surface area contributed by atoms with Gasteiger partial charge in [-0.05, 0) is 24.0 Å². The van der Waals surface area contributed by atoms with Crippen LogP contribution in [0.3, 0.4) is 0 Å². The number of rotatable bonds is 3. The molecule has 2 saturated heterocycles. The lowest BCUT2D eigenvalue weighted by atomic mass is 9.90. The fourth-order valence-corrected chi connectivity index (χ4v) is 4.16. The molecule has 29 heavy (non-hydrogen) atoms. The highest BCUT2D eigenvalue weighted by atomic mass is 16.5. The van der Waals surface area contributed by atoms with Crippen molar-refractivity contribution in [3.05, 3.63) is 35.4 Å². The highest BCUT2D eigenvalue weighted by Crippen LogP contribution is 2.39. The van der Waals surface area contributed by atoms with Crippen LogP contribution in [0.5, 0.6) is 0 Å². The molecule has 0 radical (unpaired) electrons. The Morgan fingerprint density at radius 1 is 1.17 bits per heavy atom. The molecule has 2 amide bonds. The second kappa shape index (κ2) is 7.78. The number of carbonyl (C=O) groups excluding carboxylic acids is 3. The molecule has 0 unspecified atom stereocenters. The third kappa shape index (κ3) is 4.29. The minimum Gasteiger partial charge on any atom is -0.548 e. The van der Waals surface area contributed by atoms with E-state index in [1.165, 1.54) is 4.90 Å². The number of benzene rings is 1. The SMILES string of the molecule is Cc1ccccc1C(=O)N1[C@H](C(=O)[O-])COC12CCN(C(=O)CC(C)(C)C)CC2. The van der Waals surface area contributed by atoms with Gasteiger partial charge in [-0.1, -0.05) is 39.0 Å². The summed E-state index contributed by atoms with van der Waals surface area (Å²) >= 11 is 0. The van der Waals surface area contributed by atoms with Crippen LogP contribution < -0.4 is 5.11 Å². The van der Waals surface area contributed by atoms with Gasteiger partial charge in [0.05, 0.1) is 18.6 Å². The van der Waals surface area contributed by atoms with Crippen molar-refractivity contribution < 1.29 is 24.2 Å². The van der Waals surface area contributed by atoms with Crippen molar-refractivity contribution in [2.24, 2.45) is 5.41 Å². The van der Waals surface area contributed by atoms with Crippen LogP contribution in [-0.4, -0.2) is 59.0 Å². The lowest BCUT2D eigenvalue weighted by Crippen LogP contribution is -2.60. The molecule has 1 spiro atoms. The molecule has 0 saturated carbocycles. The topological polar surface area (TPSA) is 90.0 Å². The standard InChI is InChI=1S/C22H30N2O5/c1-15-7-5-6-8-16(15)19(26)24-17(20(27)28)14-29-22(24)9-11-23(12-10-22)18(25)13-21(2,3)4/h5-8,17H,9-14H2,1-4H3,(H,27,28)/p-1/t17-/m0/s1. The molecule has 2 aliphatic rings. The number of piperidine rings is 1. The van der Waals surface area contributed by atoms with E-state index < -0.39 is 17.7 Å². The van der Waals surface area contributed by atoms with Gasteiger partial charge in [-0.2, -0.15) is 0 Å². The Morgan fingerprint density at radius 2 is 1.79 bits per heavy atom. The molecule has 7 nitrogen and oxygen atoms in total. The van der Waals surface area contributed by atoms with Crippen molar-refractivity contribution >= 4 is 17.8 Å². The summed E-state index contributed by atoms with van der Waals surface area (Å²) in [5, 5.41) is 11.7. The van der Waals surface area contributed by atoms with Crippen LogP contribution in [0.15, 0.2) is 24.3 Å². The first-order valence-corrected chi connectivity index (χ1v) is 10.1. The Morgan fingerprint density at radius 3 is 2.34 bits per heavy atom. The third-order valence-corrected chi connectivity index (χ3v) is 5.71. The molecule has 2 fully saturated rings. The monoisotopic (exact) mass is 401 g/mol. The van der Waals surface area contributed by atoms with Crippen molar-refractivity contribution in [3.63, 3.8) is 0 Å². The van der Waals surface area contributed by atoms with Gasteiger partial charge < -0.3 is 19.5 Å². The van der Waals surface area contributed by atoms with E-state index in [-0.39, 0.29) is 23.8 Å². The number of likely N-dealkylation sites (tertiary alicyclic amines) is 1. The van der Waals surface area contributed by atoms with Gasteiger partial charge in [-0.3, -0.25) is 14.5 Å². The van der Waals surface area contributed by atoms with E-state index in [1.54, 1.807) is 17.0 Å². The van der Waals surface area contributed by atoms with Gasteiger partial charge >= 0.3 is 0 Å². The number of nitrogens with zero attached hydrogens (tertiary/aromatic N) is 2. The molecular formula is C22H29N2O5-. The summed E-state index contributed by atoms with van der Waals surface area (Å²) in [7, 11) is 0. The summed E-state index contributed by atoms with van der Waals surface area (Å²) in [4.78, 5) is 40.8. The quantitative estimate of drug-likeness (QED) is 0.762. The molecule has 7 heteroatoms. The molecule has 3 rings (SSSR count). The number of aliphatic carboxylic acids is 1. The Hall–Kier alpha value is -2.41. The summed E-state index contributed by atoms with van der Waals surface area (Å²) in [6.07, 6.45) is 1.20. The van der Waals surface area contributed by atoms with Gasteiger partial charge in [-0.25, -0.2) is 0 Å². The smallest absolute Gasteiger partial charge is 0.257 e. The number of amides is 2. The van der Waals surface area contributed by atoms with Crippen molar-refractivity contribution in [1.82, 2.24) is 9.80 Å². The first kappa shape index (κ1) is 21.3. The van der Waals surface area contributed by atoms with Crippen molar-refractivity contribution in [2.75, 3.05) is 19.7 Å². The summed E-state index contributed by atoms with van der Waals surface area (Å²) in [5.41, 5.74) is 0.0929. The molecule has 1 atom stereocenters. The maximum absolute atomic E-state index is 13.3. The molecule has 158 valence electrons. The molecule has 0 N–H and O–H groups in total. The summed E-state index contributed by atoms with van der Waals surface area (Å²) in [6, 6.07) is 5.96. The number of carboxylic acid groups (broad SMARTS) is 1. The van der Waals surface area contributed by atoms with Crippen LogP contribution in [0.2, 0.25) is 0 Å². The minimum absolute atomic E-state index is 0.0681. The second-order valence-corrected chi connectivity index (χ2v) is 9.20. The maximum Gasteiger partial charge on any atom is 0.257 e. The highest BCUT2D eigenvalue weighted by molar-refractivity contribution is 5.98. The zero-order valence-corrected chi connectivity index (χ0v) is 17.6. The minimum atomic E-state index is -1.32. The Kier molecular flexibility index (Phi) is 5.72. The van der Waals surface area contributed by atoms with Gasteiger partial charge in [0.1, 0.15) is 5.72 Å². The molecule has 1 aromatic carbocycles. The number of hydrogen-bond acceptors (Lipinski definition) is 5. The molecule has 2 aliphatic heterocycles. The average Bonchev–Trinajstić information content (AvgIpc) is 2.99. The zero-order valence-electron chi connectivity index (χ0n) is 17.6. The molecular weight excluding hydrogens is 372 g/mol. The molecule has 0 aromatic heterocycles. The van der Waals surface area contributed by atoms with Gasteiger partial charge in [0.2, 0.25) is 5.91 Å². The zero-order chi connectivity index (χ0) is 21.4. The van der Waals surface area contributed by atoms with E-state index >= 15 is 0 Å². The third-order valence-electron chi connectivity index (χ3n) is 5.71. The number of carbonyl (C=O) groups is 3. The summed E-state index contributed by atoms with van der Waals surface area (Å²) < 4.78 is 5.93. The number of hydrogen-bond donors (Lipinski definition) is 0. The lowest BCUT2D eigenvalue weighted by Gasteiger charge is -2.45. The molecule has 0 aliphatic carbocycles. The molecule has 2 heterocycles. The fraction of sp³-hybridized carbons (Fsp3) is 0.591. The Bertz CT molecular complexity index is 806. The van der Waals surface area contributed by atoms with E-state index in [0.717, 1.165) is 5.56 Å². The number of carboxylic acids is 1. The normalized spacial score (nSPS) is 21.4. The average molecular weight is 401 g/mol. The van der Waals surface area contributed by atoms with Crippen molar-refractivity contribution in [3.8, 4) is 0 Å². The fourth-order valence-electron chi connectivity index (χ4n) is 4.16. The maximum atomic E-state index is 13.3. The Labute approximate surface area is 171 Å². The van der Waals surface area contributed by atoms with Crippen molar-refractivity contribution in [2.45, 2.75) is 58.7 Å². The predicted octanol–water partition coefficient (Wildman–Crippen LogP) is 1.34. The van der Waals surface area contributed by atoms with E-state index in [2.05, 4.69) is 0 Å². The van der Waals surface area contributed by atoms with Crippen LogP contribution in [0, 0.1) is 12.3 Å². The first-order chi connectivity index (χ1) is 13.5. The molecule has 1 aromatic rings. The van der Waals surface area contributed by atoms with Crippen molar-refractivity contribution in [1.29, 1.82) is 0 Å². The van der Waals surface area contributed by atoms with Gasteiger partial charge in [0.15, 0.2) is 0 Å². The van der Waals surface area contributed by atoms with Crippen LogP contribution in [-0.2, 0) is 14.3 Å². The van der Waals surface area contributed by atoms with E-state index in [1.807, 2.05) is 39.8 Å². The molecule has 0 bridgehead atoms. The first-order valence-electron chi connectivity index (χ1n) is 10.1.